The van der Waals surface area contributed by atoms with E-state index in [0.29, 0.717) is 0 Å². The molecule has 3 rings (SSSR count). The first-order valence-corrected chi connectivity index (χ1v) is 9.16. The van der Waals surface area contributed by atoms with E-state index in [1.54, 1.807) is 0 Å². The minimum absolute atomic E-state index is 0.737. The van der Waals surface area contributed by atoms with Gasteiger partial charge in [-0.2, -0.15) is 0 Å². The van der Waals surface area contributed by atoms with Gasteiger partial charge in [0.25, 0.3) is 0 Å². The molecule has 2 aromatic rings. The zero-order chi connectivity index (χ0) is 16.1. The highest BCUT2D eigenvalue weighted by Crippen LogP contribution is 2.37. The molecule has 1 heteroatoms. The zero-order valence-corrected chi connectivity index (χ0v) is 14.6. The Kier molecular flexibility index (Phi) is 5.56. The van der Waals surface area contributed by atoms with Gasteiger partial charge < -0.3 is 0 Å². The van der Waals surface area contributed by atoms with Crippen LogP contribution in [0.15, 0.2) is 60.7 Å². The molecule has 0 spiro atoms. The van der Waals surface area contributed by atoms with Gasteiger partial charge in [0.2, 0.25) is 0 Å². The fraction of sp³-hybridized carbons (Fsp3) is 0.364. The lowest BCUT2D eigenvalue weighted by Gasteiger charge is -2.27. The number of rotatable bonds is 4. The Hall–Kier alpha value is -1.53. The molecule has 0 amide bonds. The molecule has 0 unspecified atom stereocenters. The van der Waals surface area contributed by atoms with Crippen molar-refractivity contribution in [1.29, 1.82) is 0 Å². The van der Waals surface area contributed by atoms with Gasteiger partial charge in [-0.15, -0.1) is 0 Å². The van der Waals surface area contributed by atoms with E-state index in [-0.39, 0.29) is 0 Å². The Morgan fingerprint density at radius 1 is 0.870 bits per heavy atom. The Balaban J connectivity index is 1.64. The van der Waals surface area contributed by atoms with Gasteiger partial charge in [-0.25, -0.2) is 0 Å². The molecule has 2 aromatic carbocycles. The standard InChI is InChI=1S/C22H25Cl/c1-2-3-4-17-5-7-18(8-6-17)19-9-11-20(12-10-19)21-13-15-22(23)16-14-21/h3-4,9-18H,2,5-8H2,1H3/b4-3+/t17-,18-. The third-order valence-corrected chi connectivity index (χ3v) is 5.23. The van der Waals surface area contributed by atoms with Crippen LogP contribution in [0.1, 0.15) is 50.5 Å². The predicted molar refractivity (Wildman–Crippen MR) is 101 cm³/mol. The smallest absolute Gasteiger partial charge is 0.0406 e. The third kappa shape index (κ3) is 4.26. The van der Waals surface area contributed by atoms with Gasteiger partial charge in [-0.3, -0.25) is 0 Å². The minimum Gasteiger partial charge on any atom is -0.0885 e. The maximum atomic E-state index is 5.96. The molecule has 0 N–H and O–H groups in total. The highest BCUT2D eigenvalue weighted by atomic mass is 35.5. The largest absolute Gasteiger partial charge is 0.0885 e. The maximum absolute atomic E-state index is 5.96. The number of allylic oxidation sites excluding steroid dienone is 2. The Morgan fingerprint density at radius 2 is 1.43 bits per heavy atom. The SMILES string of the molecule is CC/C=C/[C@H]1CC[C@H](c2ccc(-c3ccc(Cl)cc3)cc2)CC1. The van der Waals surface area contributed by atoms with Gasteiger partial charge in [0.05, 0.1) is 0 Å². The summed E-state index contributed by atoms with van der Waals surface area (Å²) in [6.07, 6.45) is 11.2. The first kappa shape index (κ1) is 16.3. The second-order valence-corrected chi connectivity index (χ2v) is 7.01. The maximum Gasteiger partial charge on any atom is 0.0406 e. The summed E-state index contributed by atoms with van der Waals surface area (Å²) in [5.41, 5.74) is 4.00. The molecule has 1 saturated carbocycles. The van der Waals surface area contributed by atoms with Crippen molar-refractivity contribution in [1.82, 2.24) is 0 Å². The molecule has 23 heavy (non-hydrogen) atoms. The van der Waals surface area contributed by atoms with Crippen molar-refractivity contribution in [2.75, 3.05) is 0 Å². The molecule has 0 aliphatic heterocycles. The summed E-state index contributed by atoms with van der Waals surface area (Å²) < 4.78 is 0. The van der Waals surface area contributed by atoms with E-state index in [0.717, 1.165) is 23.3 Å². The zero-order valence-electron chi connectivity index (χ0n) is 13.8. The van der Waals surface area contributed by atoms with Crippen LogP contribution in [0.4, 0.5) is 0 Å². The summed E-state index contributed by atoms with van der Waals surface area (Å²) >= 11 is 5.96. The van der Waals surface area contributed by atoms with Crippen LogP contribution in [-0.2, 0) is 0 Å². The fourth-order valence-corrected chi connectivity index (χ4v) is 3.69. The second-order valence-electron chi connectivity index (χ2n) is 6.58. The lowest BCUT2D eigenvalue weighted by atomic mass is 9.78. The van der Waals surface area contributed by atoms with Gasteiger partial charge in [0, 0.05) is 5.02 Å². The van der Waals surface area contributed by atoms with Crippen molar-refractivity contribution in [3.63, 3.8) is 0 Å². The molecule has 0 aromatic heterocycles. The van der Waals surface area contributed by atoms with Crippen LogP contribution in [0, 0.1) is 5.92 Å². The van der Waals surface area contributed by atoms with Crippen LogP contribution in [0.2, 0.25) is 5.02 Å². The molecule has 0 bridgehead atoms. The highest BCUT2D eigenvalue weighted by molar-refractivity contribution is 6.30. The Morgan fingerprint density at radius 3 is 2.00 bits per heavy atom. The van der Waals surface area contributed by atoms with E-state index < -0.39 is 0 Å². The van der Waals surface area contributed by atoms with Crippen LogP contribution >= 0.6 is 11.6 Å². The summed E-state index contributed by atoms with van der Waals surface area (Å²) in [5, 5.41) is 0.791. The molecular weight excluding hydrogens is 300 g/mol. The predicted octanol–water partition coefficient (Wildman–Crippen LogP) is 7.25. The summed E-state index contributed by atoms with van der Waals surface area (Å²) in [5.74, 6) is 1.54. The first-order chi connectivity index (χ1) is 11.3. The van der Waals surface area contributed by atoms with Gasteiger partial charge in [-0.05, 0) is 72.8 Å². The van der Waals surface area contributed by atoms with Crippen molar-refractivity contribution < 1.29 is 0 Å². The number of hydrogen-bond donors (Lipinski definition) is 0. The van der Waals surface area contributed by atoms with E-state index in [4.69, 9.17) is 11.6 Å². The van der Waals surface area contributed by atoms with Crippen molar-refractivity contribution in [2.24, 2.45) is 5.92 Å². The molecule has 1 aliphatic rings. The van der Waals surface area contributed by atoms with Gasteiger partial charge in [0.1, 0.15) is 0 Å². The van der Waals surface area contributed by atoms with Crippen LogP contribution in [-0.4, -0.2) is 0 Å². The molecule has 0 saturated heterocycles. The van der Waals surface area contributed by atoms with Crippen molar-refractivity contribution in [3.8, 4) is 11.1 Å². The summed E-state index contributed by atoms with van der Waals surface area (Å²) in [6, 6.07) is 17.2. The fourth-order valence-electron chi connectivity index (χ4n) is 3.56. The highest BCUT2D eigenvalue weighted by Gasteiger charge is 2.20. The number of benzene rings is 2. The first-order valence-electron chi connectivity index (χ1n) is 8.79. The van der Waals surface area contributed by atoms with E-state index >= 15 is 0 Å². The molecule has 0 heterocycles. The van der Waals surface area contributed by atoms with Crippen LogP contribution in [0.3, 0.4) is 0 Å². The lowest BCUT2D eigenvalue weighted by Crippen LogP contribution is -2.11. The molecule has 0 nitrogen and oxygen atoms in total. The second kappa shape index (κ2) is 7.84. The molecule has 0 atom stereocenters. The monoisotopic (exact) mass is 324 g/mol. The van der Waals surface area contributed by atoms with Crippen LogP contribution in [0.5, 0.6) is 0 Å². The van der Waals surface area contributed by atoms with Crippen molar-refractivity contribution in [3.05, 3.63) is 71.3 Å². The normalized spacial score (nSPS) is 21.7. The Labute approximate surface area is 145 Å². The van der Waals surface area contributed by atoms with Gasteiger partial charge in [-0.1, -0.05) is 67.1 Å². The molecule has 0 radical (unpaired) electrons. The average molecular weight is 325 g/mol. The van der Waals surface area contributed by atoms with Crippen molar-refractivity contribution >= 4 is 11.6 Å². The average Bonchev–Trinajstić information content (AvgIpc) is 2.61. The lowest BCUT2D eigenvalue weighted by molar-refractivity contribution is 0.375. The van der Waals surface area contributed by atoms with E-state index in [1.165, 1.54) is 42.4 Å². The van der Waals surface area contributed by atoms with E-state index in [1.807, 2.05) is 12.1 Å². The van der Waals surface area contributed by atoms with E-state index in [9.17, 15) is 0 Å². The van der Waals surface area contributed by atoms with Crippen molar-refractivity contribution in [2.45, 2.75) is 44.9 Å². The van der Waals surface area contributed by atoms with Gasteiger partial charge in [0.15, 0.2) is 0 Å². The minimum atomic E-state index is 0.737. The molecule has 1 aliphatic carbocycles. The van der Waals surface area contributed by atoms with Crippen LogP contribution < -0.4 is 0 Å². The quantitative estimate of drug-likeness (QED) is 0.519. The molecular formula is C22H25Cl. The topological polar surface area (TPSA) is 0 Å². The summed E-state index contributed by atoms with van der Waals surface area (Å²) in [6.45, 7) is 2.21. The van der Waals surface area contributed by atoms with E-state index in [2.05, 4.69) is 55.5 Å². The van der Waals surface area contributed by atoms with Crippen LogP contribution in [0.25, 0.3) is 11.1 Å². The number of hydrogen-bond acceptors (Lipinski definition) is 0. The number of halogens is 1. The molecule has 120 valence electrons. The molecule has 1 fully saturated rings. The Bertz CT molecular complexity index is 629. The summed E-state index contributed by atoms with van der Waals surface area (Å²) in [4.78, 5) is 0. The third-order valence-electron chi connectivity index (χ3n) is 4.98. The van der Waals surface area contributed by atoms with Gasteiger partial charge >= 0.3 is 0 Å². The summed E-state index contributed by atoms with van der Waals surface area (Å²) in [7, 11) is 0.